The number of sulfonamides is 1. The van der Waals surface area contributed by atoms with Crippen molar-refractivity contribution in [1.29, 1.82) is 5.26 Å². The first-order valence-corrected chi connectivity index (χ1v) is 10.7. The Morgan fingerprint density at radius 3 is 2.32 bits per heavy atom. The first-order chi connectivity index (χ1) is 13.4. The van der Waals surface area contributed by atoms with Crippen molar-refractivity contribution in [2.45, 2.75) is 30.4 Å². The quantitative estimate of drug-likeness (QED) is 0.716. The van der Waals surface area contributed by atoms with Crippen molar-refractivity contribution < 1.29 is 13.2 Å². The minimum absolute atomic E-state index is 0.0887. The van der Waals surface area contributed by atoms with E-state index in [2.05, 4.69) is 0 Å². The minimum Gasteiger partial charge on any atom is -0.378 e. The fraction of sp³-hybridized carbons (Fsp3) is 0.381. The molecule has 28 heavy (non-hydrogen) atoms. The van der Waals surface area contributed by atoms with Crippen LogP contribution in [-0.4, -0.2) is 46.1 Å². The van der Waals surface area contributed by atoms with E-state index in [-0.39, 0.29) is 17.5 Å². The molecule has 1 saturated heterocycles. The molecule has 1 fully saturated rings. The van der Waals surface area contributed by atoms with Gasteiger partial charge in [-0.15, -0.1) is 0 Å². The molecule has 0 aromatic heterocycles. The molecule has 2 aromatic carbocycles. The third-order valence-corrected chi connectivity index (χ3v) is 6.69. The van der Waals surface area contributed by atoms with Gasteiger partial charge in [-0.2, -0.15) is 9.57 Å². The summed E-state index contributed by atoms with van der Waals surface area (Å²) in [6.07, 6.45) is 1.72. The summed E-state index contributed by atoms with van der Waals surface area (Å²) in [6, 6.07) is 15.9. The van der Waals surface area contributed by atoms with Crippen LogP contribution in [0.25, 0.3) is 0 Å². The maximum Gasteiger partial charge on any atom is 0.243 e. The standard InChI is InChI=1S/C21H25N3O3S/c1-23(2)19-9-5-18(6-10-19)15-24(16-20-4-3-13-27-20)28(25,26)21-11-7-17(14-22)8-12-21/h5-12,20H,3-4,13,15-16H2,1-2H3. The van der Waals surface area contributed by atoms with Gasteiger partial charge in [-0.25, -0.2) is 8.42 Å². The Kier molecular flexibility index (Phi) is 6.35. The van der Waals surface area contributed by atoms with E-state index in [9.17, 15) is 8.42 Å². The van der Waals surface area contributed by atoms with Crippen LogP contribution in [0, 0.1) is 11.3 Å². The van der Waals surface area contributed by atoms with Crippen molar-refractivity contribution >= 4 is 15.7 Å². The van der Waals surface area contributed by atoms with Gasteiger partial charge in [0.2, 0.25) is 10.0 Å². The Morgan fingerprint density at radius 2 is 1.79 bits per heavy atom. The van der Waals surface area contributed by atoms with Crippen LogP contribution in [0.3, 0.4) is 0 Å². The fourth-order valence-electron chi connectivity index (χ4n) is 3.22. The highest BCUT2D eigenvalue weighted by Gasteiger charge is 2.29. The Labute approximate surface area is 167 Å². The summed E-state index contributed by atoms with van der Waals surface area (Å²) in [5.41, 5.74) is 2.41. The van der Waals surface area contributed by atoms with Gasteiger partial charge in [-0.1, -0.05) is 12.1 Å². The zero-order valence-corrected chi connectivity index (χ0v) is 17.0. The number of benzene rings is 2. The molecule has 1 heterocycles. The molecule has 0 spiro atoms. The fourth-order valence-corrected chi connectivity index (χ4v) is 4.68. The van der Waals surface area contributed by atoms with E-state index in [0.29, 0.717) is 18.7 Å². The second-order valence-electron chi connectivity index (χ2n) is 7.13. The molecule has 3 rings (SSSR count). The van der Waals surface area contributed by atoms with Crippen LogP contribution in [0.1, 0.15) is 24.0 Å². The van der Waals surface area contributed by atoms with E-state index in [0.717, 1.165) is 24.1 Å². The van der Waals surface area contributed by atoms with Crippen molar-refractivity contribution in [2.24, 2.45) is 0 Å². The number of nitrogens with zero attached hydrogens (tertiary/aromatic N) is 3. The Balaban J connectivity index is 1.87. The minimum atomic E-state index is -3.70. The number of hydrogen-bond acceptors (Lipinski definition) is 5. The van der Waals surface area contributed by atoms with Crippen LogP contribution in [0.15, 0.2) is 53.4 Å². The lowest BCUT2D eigenvalue weighted by atomic mass is 10.2. The van der Waals surface area contributed by atoms with Gasteiger partial charge in [0.25, 0.3) is 0 Å². The topological polar surface area (TPSA) is 73.6 Å². The molecule has 1 aliphatic heterocycles. The predicted octanol–water partition coefficient (Wildman–Crippen LogP) is 2.99. The van der Waals surface area contributed by atoms with Gasteiger partial charge in [0, 0.05) is 39.5 Å². The monoisotopic (exact) mass is 399 g/mol. The molecule has 0 N–H and O–H groups in total. The Bertz CT molecular complexity index is 926. The number of ether oxygens (including phenoxy) is 1. The lowest BCUT2D eigenvalue weighted by Crippen LogP contribution is -2.37. The lowest BCUT2D eigenvalue weighted by molar-refractivity contribution is 0.0926. The Morgan fingerprint density at radius 1 is 1.11 bits per heavy atom. The van der Waals surface area contributed by atoms with E-state index in [1.54, 1.807) is 0 Å². The molecule has 7 heteroatoms. The van der Waals surface area contributed by atoms with Gasteiger partial charge in [0.1, 0.15) is 0 Å². The maximum atomic E-state index is 13.3. The summed E-state index contributed by atoms with van der Waals surface area (Å²) in [5.74, 6) is 0. The summed E-state index contributed by atoms with van der Waals surface area (Å²) in [4.78, 5) is 2.19. The van der Waals surface area contributed by atoms with Crippen LogP contribution in [0.5, 0.6) is 0 Å². The van der Waals surface area contributed by atoms with Crippen LogP contribution in [0.4, 0.5) is 5.69 Å². The average Bonchev–Trinajstić information content (AvgIpc) is 3.21. The second-order valence-corrected chi connectivity index (χ2v) is 9.07. The van der Waals surface area contributed by atoms with E-state index in [4.69, 9.17) is 10.00 Å². The highest BCUT2D eigenvalue weighted by atomic mass is 32.2. The SMILES string of the molecule is CN(C)c1ccc(CN(CC2CCCO2)S(=O)(=O)c2ccc(C#N)cc2)cc1. The molecule has 1 aliphatic rings. The molecule has 0 amide bonds. The molecular formula is C21H25N3O3S. The third kappa shape index (κ3) is 4.71. The third-order valence-electron chi connectivity index (χ3n) is 4.86. The molecule has 0 aliphatic carbocycles. The molecule has 1 unspecified atom stereocenters. The van der Waals surface area contributed by atoms with Gasteiger partial charge in [-0.05, 0) is 54.8 Å². The van der Waals surface area contributed by atoms with Gasteiger partial charge >= 0.3 is 0 Å². The van der Waals surface area contributed by atoms with Crippen molar-refractivity contribution in [2.75, 3.05) is 32.1 Å². The van der Waals surface area contributed by atoms with E-state index >= 15 is 0 Å². The first kappa shape index (κ1) is 20.3. The second kappa shape index (κ2) is 8.74. The molecule has 0 radical (unpaired) electrons. The zero-order chi connectivity index (χ0) is 20.1. The van der Waals surface area contributed by atoms with Crippen molar-refractivity contribution in [3.8, 4) is 6.07 Å². The molecule has 2 aromatic rings. The Hall–Kier alpha value is -2.40. The summed E-state index contributed by atoms with van der Waals surface area (Å²) < 4.78 is 33.7. The zero-order valence-electron chi connectivity index (χ0n) is 16.2. The molecule has 0 bridgehead atoms. The van der Waals surface area contributed by atoms with Crippen LogP contribution in [-0.2, 0) is 21.3 Å². The van der Waals surface area contributed by atoms with Gasteiger partial charge in [-0.3, -0.25) is 0 Å². The normalized spacial score (nSPS) is 16.9. The van der Waals surface area contributed by atoms with Crippen LogP contribution < -0.4 is 4.90 Å². The summed E-state index contributed by atoms with van der Waals surface area (Å²) in [7, 11) is 0.228. The van der Waals surface area contributed by atoms with E-state index in [1.807, 2.05) is 49.3 Å². The maximum absolute atomic E-state index is 13.3. The smallest absolute Gasteiger partial charge is 0.243 e. The van der Waals surface area contributed by atoms with Gasteiger partial charge in [0.15, 0.2) is 0 Å². The van der Waals surface area contributed by atoms with E-state index in [1.165, 1.54) is 28.6 Å². The predicted molar refractivity (Wildman–Crippen MR) is 108 cm³/mol. The number of anilines is 1. The van der Waals surface area contributed by atoms with Crippen molar-refractivity contribution in [3.05, 3.63) is 59.7 Å². The van der Waals surface area contributed by atoms with E-state index < -0.39 is 10.0 Å². The number of nitriles is 1. The summed E-state index contributed by atoms with van der Waals surface area (Å²) in [6.45, 7) is 1.26. The molecule has 6 nitrogen and oxygen atoms in total. The molecule has 148 valence electrons. The largest absolute Gasteiger partial charge is 0.378 e. The lowest BCUT2D eigenvalue weighted by Gasteiger charge is -2.25. The average molecular weight is 400 g/mol. The molecular weight excluding hydrogens is 374 g/mol. The highest BCUT2D eigenvalue weighted by Crippen LogP contribution is 2.23. The van der Waals surface area contributed by atoms with Gasteiger partial charge < -0.3 is 9.64 Å². The van der Waals surface area contributed by atoms with Crippen molar-refractivity contribution in [3.63, 3.8) is 0 Å². The van der Waals surface area contributed by atoms with Crippen LogP contribution in [0.2, 0.25) is 0 Å². The number of rotatable bonds is 7. The molecule has 1 atom stereocenters. The summed E-state index contributed by atoms with van der Waals surface area (Å²) in [5, 5.41) is 8.96. The first-order valence-electron chi connectivity index (χ1n) is 9.28. The number of hydrogen-bond donors (Lipinski definition) is 0. The van der Waals surface area contributed by atoms with Crippen molar-refractivity contribution in [1.82, 2.24) is 4.31 Å². The molecule has 0 saturated carbocycles. The summed E-state index contributed by atoms with van der Waals surface area (Å²) >= 11 is 0. The van der Waals surface area contributed by atoms with Gasteiger partial charge in [0.05, 0.1) is 22.6 Å². The van der Waals surface area contributed by atoms with Crippen LogP contribution >= 0.6 is 0 Å². The highest BCUT2D eigenvalue weighted by molar-refractivity contribution is 7.89.